The van der Waals surface area contributed by atoms with Crippen LogP contribution >= 0.6 is 0 Å². The summed E-state index contributed by atoms with van der Waals surface area (Å²) in [5.41, 5.74) is 2.55. The van der Waals surface area contributed by atoms with Crippen molar-refractivity contribution in [3.63, 3.8) is 0 Å². The molecule has 1 heterocycles. The topological polar surface area (TPSA) is 66.5 Å². The second-order valence-electron chi connectivity index (χ2n) is 6.86. The summed E-state index contributed by atoms with van der Waals surface area (Å²) in [4.78, 5) is 39.1. The Morgan fingerprint density at radius 3 is 2.58 bits per heavy atom. The van der Waals surface area contributed by atoms with Crippen LogP contribution in [0.5, 0.6) is 0 Å². The summed E-state index contributed by atoms with van der Waals surface area (Å²) in [6.45, 7) is 1.81. The fourth-order valence-corrected chi connectivity index (χ4v) is 3.89. The second kappa shape index (κ2) is 6.09. The third-order valence-corrected chi connectivity index (χ3v) is 5.41. The first kappa shape index (κ1) is 16.5. The number of imide groups is 1. The normalized spacial score (nSPS) is 21.2. The largest absolute Gasteiger partial charge is 0.325 e. The molecule has 1 aliphatic heterocycles. The zero-order chi connectivity index (χ0) is 18.3. The average Bonchev–Trinajstić information content (AvgIpc) is 3.15. The molecule has 5 nitrogen and oxygen atoms in total. The van der Waals surface area contributed by atoms with Gasteiger partial charge in [-0.05, 0) is 36.0 Å². The van der Waals surface area contributed by atoms with Gasteiger partial charge in [0.15, 0.2) is 5.78 Å². The highest BCUT2D eigenvalue weighted by atomic mass is 16.2. The fraction of sp³-hybridized carbons (Fsp3) is 0.286. The van der Waals surface area contributed by atoms with E-state index in [4.69, 9.17) is 0 Å². The van der Waals surface area contributed by atoms with Gasteiger partial charge in [-0.3, -0.25) is 14.5 Å². The molecule has 0 aromatic heterocycles. The Hall–Kier alpha value is -2.95. The van der Waals surface area contributed by atoms with Crippen molar-refractivity contribution in [2.45, 2.75) is 31.7 Å². The summed E-state index contributed by atoms with van der Waals surface area (Å²) in [7, 11) is 0. The molecular weight excluding hydrogens is 328 g/mol. The number of rotatable bonds is 4. The van der Waals surface area contributed by atoms with Crippen molar-refractivity contribution in [2.75, 3.05) is 6.54 Å². The lowest BCUT2D eigenvalue weighted by Gasteiger charge is -2.22. The first-order valence-corrected chi connectivity index (χ1v) is 8.90. The molecule has 1 N–H and O–H groups in total. The Labute approximate surface area is 152 Å². The van der Waals surface area contributed by atoms with Crippen LogP contribution in [0.2, 0.25) is 0 Å². The first-order chi connectivity index (χ1) is 12.5. The van der Waals surface area contributed by atoms with E-state index in [9.17, 15) is 14.4 Å². The zero-order valence-electron chi connectivity index (χ0n) is 14.6. The summed E-state index contributed by atoms with van der Waals surface area (Å²) in [6.07, 6.45) is 2.17. The summed E-state index contributed by atoms with van der Waals surface area (Å²) in [6, 6.07) is 14.5. The fourth-order valence-electron chi connectivity index (χ4n) is 3.89. The van der Waals surface area contributed by atoms with Crippen molar-refractivity contribution in [1.82, 2.24) is 10.2 Å². The number of urea groups is 1. The Morgan fingerprint density at radius 1 is 1.12 bits per heavy atom. The van der Waals surface area contributed by atoms with Crippen molar-refractivity contribution in [1.29, 1.82) is 0 Å². The maximum atomic E-state index is 13.1. The Kier molecular flexibility index (Phi) is 3.87. The van der Waals surface area contributed by atoms with Crippen LogP contribution in [-0.4, -0.2) is 29.2 Å². The van der Waals surface area contributed by atoms with Crippen LogP contribution in [0, 0.1) is 0 Å². The van der Waals surface area contributed by atoms with Crippen molar-refractivity contribution < 1.29 is 14.4 Å². The number of carbonyl (C=O) groups is 3. The summed E-state index contributed by atoms with van der Waals surface area (Å²) >= 11 is 0. The molecule has 132 valence electrons. The van der Waals surface area contributed by atoms with Crippen molar-refractivity contribution in [3.8, 4) is 0 Å². The van der Waals surface area contributed by atoms with Gasteiger partial charge in [0.05, 0.1) is 6.54 Å². The van der Waals surface area contributed by atoms with Gasteiger partial charge in [-0.1, -0.05) is 55.5 Å². The van der Waals surface area contributed by atoms with Crippen LogP contribution in [0.4, 0.5) is 4.79 Å². The molecule has 1 aliphatic carbocycles. The van der Waals surface area contributed by atoms with Gasteiger partial charge in [-0.15, -0.1) is 0 Å². The highest BCUT2D eigenvalue weighted by molar-refractivity contribution is 6.11. The number of amides is 3. The van der Waals surface area contributed by atoms with Crippen LogP contribution < -0.4 is 5.32 Å². The maximum Gasteiger partial charge on any atom is 0.325 e. The number of hydrogen-bond donors (Lipinski definition) is 1. The number of nitrogens with zero attached hydrogens (tertiary/aromatic N) is 1. The van der Waals surface area contributed by atoms with Crippen LogP contribution in [-0.2, 0) is 23.2 Å². The Morgan fingerprint density at radius 2 is 1.85 bits per heavy atom. The number of benzene rings is 2. The molecule has 2 aromatic rings. The minimum absolute atomic E-state index is 0.236. The lowest BCUT2D eigenvalue weighted by atomic mass is 9.92. The van der Waals surface area contributed by atoms with Gasteiger partial charge in [0, 0.05) is 5.56 Å². The van der Waals surface area contributed by atoms with E-state index in [1.807, 2.05) is 43.3 Å². The second-order valence-corrected chi connectivity index (χ2v) is 6.86. The minimum atomic E-state index is -1.01. The highest BCUT2D eigenvalue weighted by Gasteiger charge is 2.55. The van der Waals surface area contributed by atoms with E-state index in [1.54, 1.807) is 12.1 Å². The number of Topliss-reactive ketones (excluding diaryl/α,β-unsaturated/α-hetero) is 1. The van der Waals surface area contributed by atoms with Gasteiger partial charge in [0.1, 0.15) is 5.54 Å². The van der Waals surface area contributed by atoms with E-state index in [0.717, 1.165) is 34.4 Å². The van der Waals surface area contributed by atoms with Crippen LogP contribution in [0.1, 0.15) is 40.4 Å². The maximum absolute atomic E-state index is 13.1. The molecule has 0 saturated carbocycles. The number of nitrogens with one attached hydrogen (secondary N) is 1. The molecule has 0 radical (unpaired) electrons. The molecule has 2 aliphatic rings. The summed E-state index contributed by atoms with van der Waals surface area (Å²) in [5, 5.41) is 2.85. The molecule has 3 amide bonds. The van der Waals surface area contributed by atoms with Gasteiger partial charge >= 0.3 is 6.03 Å². The molecule has 2 aromatic carbocycles. The van der Waals surface area contributed by atoms with E-state index in [1.165, 1.54) is 0 Å². The lowest BCUT2D eigenvalue weighted by molar-refractivity contribution is -0.131. The van der Waals surface area contributed by atoms with Gasteiger partial charge in [0.2, 0.25) is 0 Å². The number of aryl methyl sites for hydroxylation is 2. The number of ketones is 1. The van der Waals surface area contributed by atoms with Crippen molar-refractivity contribution >= 4 is 17.7 Å². The molecule has 1 spiro atoms. The minimum Gasteiger partial charge on any atom is -0.319 e. The number of hydrogen-bond acceptors (Lipinski definition) is 3. The van der Waals surface area contributed by atoms with Crippen molar-refractivity contribution in [2.24, 2.45) is 0 Å². The van der Waals surface area contributed by atoms with Crippen LogP contribution in [0.3, 0.4) is 0 Å². The predicted octanol–water partition coefficient (Wildman–Crippen LogP) is 2.83. The molecule has 26 heavy (non-hydrogen) atoms. The molecule has 0 bridgehead atoms. The van der Waals surface area contributed by atoms with Gasteiger partial charge < -0.3 is 5.32 Å². The van der Waals surface area contributed by atoms with E-state index in [2.05, 4.69) is 5.32 Å². The zero-order valence-corrected chi connectivity index (χ0v) is 14.6. The number of carbonyl (C=O) groups excluding carboxylic acids is 3. The molecule has 1 atom stereocenters. The van der Waals surface area contributed by atoms with Gasteiger partial charge in [0.25, 0.3) is 5.91 Å². The molecular formula is C21H20N2O3. The van der Waals surface area contributed by atoms with Gasteiger partial charge in [-0.25, -0.2) is 4.79 Å². The number of fused-ring (bicyclic) bond motifs is 2. The first-order valence-electron chi connectivity index (χ1n) is 8.90. The molecule has 4 rings (SSSR count). The third-order valence-electron chi connectivity index (χ3n) is 5.41. The molecule has 5 heteroatoms. The van der Waals surface area contributed by atoms with Gasteiger partial charge in [-0.2, -0.15) is 0 Å². The Bertz CT molecular complexity index is 904. The van der Waals surface area contributed by atoms with Crippen LogP contribution in [0.15, 0.2) is 48.5 Å². The molecule has 1 saturated heterocycles. The summed E-state index contributed by atoms with van der Waals surface area (Å²) in [5.74, 6) is -0.564. The lowest BCUT2D eigenvalue weighted by Crippen LogP contribution is -2.42. The predicted molar refractivity (Wildman–Crippen MR) is 96.8 cm³/mol. The monoisotopic (exact) mass is 348 g/mol. The van der Waals surface area contributed by atoms with Crippen molar-refractivity contribution in [3.05, 3.63) is 70.8 Å². The third kappa shape index (κ3) is 2.43. The molecule has 1 fully saturated rings. The quantitative estimate of drug-likeness (QED) is 0.682. The standard InChI is InChI=1S/C21H20N2O3/c1-2-14-7-9-16(10-8-14)18(24)13-23-19(25)21(22-20(23)26)12-11-15-5-3-4-6-17(15)21/h3-10H,2,11-13H2,1H3,(H,22,26)/t21-/m1/s1. The van der Waals surface area contributed by atoms with E-state index >= 15 is 0 Å². The SMILES string of the molecule is CCc1ccc(C(=O)CN2C(=O)N[C@@]3(CCc4ccccc43)C2=O)cc1. The van der Waals surface area contributed by atoms with E-state index < -0.39 is 11.6 Å². The highest BCUT2D eigenvalue weighted by Crippen LogP contribution is 2.41. The van der Waals surface area contributed by atoms with E-state index in [0.29, 0.717) is 12.0 Å². The average molecular weight is 348 g/mol. The Balaban J connectivity index is 1.58. The smallest absolute Gasteiger partial charge is 0.319 e. The summed E-state index contributed by atoms with van der Waals surface area (Å²) < 4.78 is 0. The van der Waals surface area contributed by atoms with Crippen LogP contribution in [0.25, 0.3) is 0 Å². The molecule has 0 unspecified atom stereocenters. The van der Waals surface area contributed by atoms with E-state index in [-0.39, 0.29) is 18.2 Å².